The van der Waals surface area contributed by atoms with Crippen molar-refractivity contribution in [1.82, 2.24) is 0 Å². The van der Waals surface area contributed by atoms with Crippen LogP contribution in [-0.4, -0.2) is 25.2 Å². The summed E-state index contributed by atoms with van der Waals surface area (Å²) in [6.45, 7) is 0.656. The van der Waals surface area contributed by atoms with Crippen LogP contribution in [0.15, 0.2) is 54.1 Å². The fourth-order valence-corrected chi connectivity index (χ4v) is 2.74. The highest BCUT2D eigenvalue weighted by Gasteiger charge is 2.32. The van der Waals surface area contributed by atoms with Crippen molar-refractivity contribution in [3.05, 3.63) is 70.8 Å². The molecule has 118 valence electrons. The first-order valence-electron chi connectivity index (χ1n) is 7.70. The van der Waals surface area contributed by atoms with E-state index in [4.69, 9.17) is 5.26 Å². The first-order chi connectivity index (χ1) is 11.6. The molecule has 0 unspecified atom stereocenters. The minimum absolute atomic E-state index is 0.210. The number of carbonyl (C=O) groups is 2. The lowest BCUT2D eigenvalue weighted by Crippen LogP contribution is -2.17. The predicted octanol–water partition coefficient (Wildman–Crippen LogP) is 3.50. The normalized spacial score (nSPS) is 12.8. The molecule has 24 heavy (non-hydrogen) atoms. The van der Waals surface area contributed by atoms with Gasteiger partial charge in [-0.2, -0.15) is 5.26 Å². The average Bonchev–Trinajstić information content (AvgIpc) is 2.85. The Morgan fingerprint density at radius 1 is 1.00 bits per heavy atom. The van der Waals surface area contributed by atoms with Crippen molar-refractivity contribution in [2.75, 3.05) is 18.5 Å². The number of fused-ring (bicyclic) bond motifs is 1. The van der Waals surface area contributed by atoms with Gasteiger partial charge in [0.25, 0.3) is 0 Å². The zero-order valence-electron chi connectivity index (χ0n) is 13.3. The number of carbonyl (C=O) groups excluding carboxylic acids is 2. The molecule has 0 amide bonds. The summed E-state index contributed by atoms with van der Waals surface area (Å²) in [5, 5.41) is 8.64. The van der Waals surface area contributed by atoms with E-state index in [1.54, 1.807) is 30.3 Å². The summed E-state index contributed by atoms with van der Waals surface area (Å²) in [6.07, 6.45) is 2.10. The van der Waals surface area contributed by atoms with Crippen molar-refractivity contribution >= 4 is 23.3 Å². The minimum atomic E-state index is -0.217. The van der Waals surface area contributed by atoms with Crippen LogP contribution in [0.3, 0.4) is 0 Å². The van der Waals surface area contributed by atoms with Crippen LogP contribution in [-0.2, 0) is 0 Å². The molecule has 4 heteroatoms. The van der Waals surface area contributed by atoms with Gasteiger partial charge in [0.15, 0.2) is 11.6 Å². The topological polar surface area (TPSA) is 61.2 Å². The number of nitriles is 1. The number of benzene rings is 2. The number of rotatable bonds is 4. The van der Waals surface area contributed by atoms with E-state index in [9.17, 15) is 9.59 Å². The summed E-state index contributed by atoms with van der Waals surface area (Å²) in [7, 11) is 1.92. The van der Waals surface area contributed by atoms with E-state index in [2.05, 4.69) is 6.07 Å². The Kier molecular flexibility index (Phi) is 4.26. The maximum Gasteiger partial charge on any atom is 0.197 e. The summed E-state index contributed by atoms with van der Waals surface area (Å²) in [5.74, 6) is -0.434. The molecular formula is C20H16N2O2. The second-order valence-electron chi connectivity index (χ2n) is 5.68. The van der Waals surface area contributed by atoms with Crippen LogP contribution in [0, 0.1) is 11.3 Å². The lowest BCUT2D eigenvalue weighted by Gasteiger charge is -2.17. The van der Waals surface area contributed by atoms with E-state index in [1.807, 2.05) is 36.2 Å². The van der Waals surface area contributed by atoms with Crippen molar-refractivity contribution in [2.45, 2.75) is 6.42 Å². The highest BCUT2D eigenvalue weighted by Crippen LogP contribution is 2.28. The summed E-state index contributed by atoms with van der Waals surface area (Å²) < 4.78 is 0. The second kappa shape index (κ2) is 6.51. The van der Waals surface area contributed by atoms with E-state index in [0.29, 0.717) is 24.1 Å². The van der Waals surface area contributed by atoms with E-state index >= 15 is 0 Å². The van der Waals surface area contributed by atoms with Gasteiger partial charge in [0.05, 0.1) is 18.1 Å². The molecule has 4 nitrogen and oxygen atoms in total. The minimum Gasteiger partial charge on any atom is -0.374 e. The number of hydrogen-bond donors (Lipinski definition) is 0. The number of nitrogens with zero attached hydrogens (tertiary/aromatic N) is 2. The summed E-state index contributed by atoms with van der Waals surface area (Å²) in [5.41, 5.74) is 2.95. The van der Waals surface area contributed by atoms with E-state index in [1.165, 1.54) is 0 Å². The van der Waals surface area contributed by atoms with E-state index in [0.717, 1.165) is 11.3 Å². The molecule has 0 aromatic heterocycles. The molecule has 0 fully saturated rings. The Balaban J connectivity index is 1.84. The largest absolute Gasteiger partial charge is 0.374 e. The molecule has 0 saturated carbocycles. The number of ketones is 2. The molecule has 0 atom stereocenters. The molecule has 1 aliphatic rings. The van der Waals surface area contributed by atoms with Crippen LogP contribution in [0.5, 0.6) is 0 Å². The smallest absolute Gasteiger partial charge is 0.197 e. The van der Waals surface area contributed by atoms with Gasteiger partial charge >= 0.3 is 0 Å². The van der Waals surface area contributed by atoms with Gasteiger partial charge in [-0.1, -0.05) is 36.4 Å². The molecule has 0 spiro atoms. The lowest BCUT2D eigenvalue weighted by atomic mass is 10.1. The van der Waals surface area contributed by atoms with Crippen LogP contribution in [0.2, 0.25) is 0 Å². The third-order valence-electron chi connectivity index (χ3n) is 4.11. The molecular weight excluding hydrogens is 300 g/mol. The predicted molar refractivity (Wildman–Crippen MR) is 93.0 cm³/mol. The second-order valence-corrected chi connectivity index (χ2v) is 5.68. The monoisotopic (exact) mass is 316 g/mol. The molecule has 0 radical (unpaired) electrons. The number of hydrogen-bond acceptors (Lipinski definition) is 4. The Bertz CT molecular complexity index is 836. The fourth-order valence-electron chi connectivity index (χ4n) is 2.74. The van der Waals surface area contributed by atoms with Gasteiger partial charge < -0.3 is 4.90 Å². The molecule has 2 aromatic rings. The zero-order chi connectivity index (χ0) is 17.1. The van der Waals surface area contributed by atoms with Gasteiger partial charge in [-0.15, -0.1) is 0 Å². The molecule has 0 aliphatic heterocycles. The van der Waals surface area contributed by atoms with E-state index < -0.39 is 0 Å². The van der Waals surface area contributed by atoms with E-state index in [-0.39, 0.29) is 17.1 Å². The van der Waals surface area contributed by atoms with Gasteiger partial charge in [0.1, 0.15) is 0 Å². The molecule has 0 bridgehead atoms. The standard InChI is InChI=1S/C20H16N2O2/c1-22(12-4-11-21)15-9-7-14(8-10-15)13-18-19(23)16-5-2-3-6-17(16)20(18)24/h2-3,5-10,13H,4,12H2,1H3. The SMILES string of the molecule is CN(CCC#N)c1ccc(C=C2C(=O)c3ccccc3C2=O)cc1. The van der Waals surface area contributed by atoms with Gasteiger partial charge in [0, 0.05) is 30.4 Å². The third-order valence-corrected chi connectivity index (χ3v) is 4.11. The van der Waals surface area contributed by atoms with Crippen LogP contribution < -0.4 is 4.90 Å². The first-order valence-corrected chi connectivity index (χ1v) is 7.70. The van der Waals surface area contributed by atoms with Gasteiger partial charge in [0.2, 0.25) is 0 Å². The Morgan fingerprint density at radius 2 is 1.58 bits per heavy atom. The maximum absolute atomic E-state index is 12.4. The Hall–Kier alpha value is -3.19. The molecule has 0 saturated heterocycles. The highest BCUT2D eigenvalue weighted by atomic mass is 16.2. The van der Waals surface area contributed by atoms with Crippen LogP contribution >= 0.6 is 0 Å². The van der Waals surface area contributed by atoms with Crippen molar-refractivity contribution < 1.29 is 9.59 Å². The molecule has 3 rings (SSSR count). The molecule has 1 aliphatic carbocycles. The van der Waals surface area contributed by atoms with Gasteiger partial charge in [-0.05, 0) is 23.8 Å². The third kappa shape index (κ3) is 2.84. The van der Waals surface area contributed by atoms with Crippen LogP contribution in [0.25, 0.3) is 6.08 Å². The molecule has 2 aromatic carbocycles. The van der Waals surface area contributed by atoms with Crippen molar-refractivity contribution in [1.29, 1.82) is 5.26 Å². The number of allylic oxidation sites excluding steroid dienone is 1. The van der Waals surface area contributed by atoms with Crippen LogP contribution in [0.4, 0.5) is 5.69 Å². The quantitative estimate of drug-likeness (QED) is 0.640. The maximum atomic E-state index is 12.4. The fraction of sp³-hybridized carbons (Fsp3) is 0.150. The average molecular weight is 316 g/mol. The summed E-state index contributed by atoms with van der Waals surface area (Å²) >= 11 is 0. The highest BCUT2D eigenvalue weighted by molar-refractivity contribution is 6.41. The molecule has 0 heterocycles. The molecule has 0 N–H and O–H groups in total. The van der Waals surface area contributed by atoms with Crippen molar-refractivity contribution in [3.8, 4) is 6.07 Å². The summed E-state index contributed by atoms with van der Waals surface area (Å²) in [4.78, 5) is 26.7. The van der Waals surface area contributed by atoms with Gasteiger partial charge in [-0.25, -0.2) is 0 Å². The zero-order valence-corrected chi connectivity index (χ0v) is 13.3. The lowest BCUT2D eigenvalue weighted by molar-refractivity contribution is 0.0990. The first kappa shape index (κ1) is 15.7. The van der Waals surface area contributed by atoms with Crippen molar-refractivity contribution in [3.63, 3.8) is 0 Å². The number of Topliss-reactive ketones (excluding diaryl/α,β-unsaturated/α-hetero) is 2. The Morgan fingerprint density at radius 3 is 2.12 bits per heavy atom. The summed E-state index contributed by atoms with van der Waals surface area (Å²) in [6, 6.07) is 16.6. The van der Waals surface area contributed by atoms with Crippen LogP contribution in [0.1, 0.15) is 32.7 Å². The van der Waals surface area contributed by atoms with Gasteiger partial charge in [-0.3, -0.25) is 9.59 Å². The Labute approximate surface area is 140 Å². The number of anilines is 1. The van der Waals surface area contributed by atoms with Crippen molar-refractivity contribution in [2.24, 2.45) is 0 Å².